The predicted octanol–water partition coefficient (Wildman–Crippen LogP) is 1.96. The first-order chi connectivity index (χ1) is 12.7. The molecular weight excluding hydrogens is 396 g/mol. The number of thiophene rings is 1. The molecule has 27 heavy (non-hydrogen) atoms. The lowest BCUT2D eigenvalue weighted by atomic mass is 10.1. The van der Waals surface area contributed by atoms with Crippen molar-refractivity contribution in [1.82, 2.24) is 10.3 Å². The SMILES string of the molecule is CN(N)/C(=C(\N)Cl)c1csc(C(=O)NC(CN)Cc2ccc(F)c(F)c2)c1. The first kappa shape index (κ1) is 21.1. The van der Waals surface area contributed by atoms with Crippen molar-refractivity contribution in [2.24, 2.45) is 17.3 Å². The maximum Gasteiger partial charge on any atom is 0.261 e. The van der Waals surface area contributed by atoms with Crippen LogP contribution >= 0.6 is 22.9 Å². The molecular formula is C17H20ClF2N5OS. The van der Waals surface area contributed by atoms with Crippen molar-refractivity contribution in [3.05, 3.63) is 62.4 Å². The fraction of sp³-hybridized carbons (Fsp3) is 0.235. The number of hydrogen-bond acceptors (Lipinski definition) is 6. The van der Waals surface area contributed by atoms with E-state index in [-0.39, 0.29) is 24.0 Å². The minimum atomic E-state index is -0.943. The molecule has 1 heterocycles. The topological polar surface area (TPSA) is 110 Å². The largest absolute Gasteiger partial charge is 0.388 e. The Labute approximate surface area is 164 Å². The molecule has 146 valence electrons. The lowest BCUT2D eigenvalue weighted by molar-refractivity contribution is 0.0942. The average molecular weight is 416 g/mol. The third-order valence-corrected chi connectivity index (χ3v) is 4.87. The quantitative estimate of drug-likeness (QED) is 0.314. The summed E-state index contributed by atoms with van der Waals surface area (Å²) in [4.78, 5) is 12.9. The van der Waals surface area contributed by atoms with Crippen molar-refractivity contribution in [1.29, 1.82) is 0 Å². The highest BCUT2D eigenvalue weighted by Crippen LogP contribution is 2.25. The Bertz CT molecular complexity index is 852. The van der Waals surface area contributed by atoms with Crippen LogP contribution in [0.3, 0.4) is 0 Å². The van der Waals surface area contributed by atoms with E-state index in [2.05, 4.69) is 5.32 Å². The van der Waals surface area contributed by atoms with E-state index >= 15 is 0 Å². The zero-order valence-corrected chi connectivity index (χ0v) is 16.1. The maximum atomic E-state index is 13.3. The van der Waals surface area contributed by atoms with Crippen LogP contribution in [-0.4, -0.2) is 30.6 Å². The molecule has 1 amide bonds. The molecule has 0 radical (unpaired) electrons. The van der Waals surface area contributed by atoms with Crippen LogP contribution in [0.4, 0.5) is 8.78 Å². The number of nitrogens with zero attached hydrogens (tertiary/aromatic N) is 1. The molecule has 1 unspecified atom stereocenters. The summed E-state index contributed by atoms with van der Waals surface area (Å²) < 4.78 is 26.4. The molecule has 1 aromatic carbocycles. The summed E-state index contributed by atoms with van der Waals surface area (Å²) >= 11 is 7.04. The molecule has 2 aromatic rings. The maximum absolute atomic E-state index is 13.3. The van der Waals surface area contributed by atoms with E-state index in [4.69, 9.17) is 28.9 Å². The number of hydrogen-bond donors (Lipinski definition) is 4. The van der Waals surface area contributed by atoms with Crippen molar-refractivity contribution in [3.8, 4) is 0 Å². The third-order valence-electron chi connectivity index (χ3n) is 3.76. The molecule has 0 fully saturated rings. The van der Waals surface area contributed by atoms with Gasteiger partial charge in [-0.3, -0.25) is 4.79 Å². The third kappa shape index (κ3) is 5.39. The summed E-state index contributed by atoms with van der Waals surface area (Å²) in [5.74, 6) is 3.49. The number of benzene rings is 1. The van der Waals surface area contributed by atoms with Crippen molar-refractivity contribution >= 4 is 34.5 Å². The van der Waals surface area contributed by atoms with Crippen molar-refractivity contribution < 1.29 is 13.6 Å². The lowest BCUT2D eigenvalue weighted by Gasteiger charge is -2.17. The van der Waals surface area contributed by atoms with Crippen LogP contribution in [0, 0.1) is 11.6 Å². The average Bonchev–Trinajstić information content (AvgIpc) is 3.06. The van der Waals surface area contributed by atoms with Gasteiger partial charge in [-0.15, -0.1) is 11.3 Å². The van der Waals surface area contributed by atoms with E-state index in [1.54, 1.807) is 18.5 Å². The number of halogens is 3. The molecule has 0 aliphatic rings. The van der Waals surface area contributed by atoms with Crippen LogP contribution in [0.1, 0.15) is 20.8 Å². The van der Waals surface area contributed by atoms with Crippen molar-refractivity contribution in [2.75, 3.05) is 13.6 Å². The molecule has 0 saturated heterocycles. The Morgan fingerprint density at radius 3 is 2.59 bits per heavy atom. The van der Waals surface area contributed by atoms with E-state index < -0.39 is 17.7 Å². The normalized spacial score (nSPS) is 13.1. The molecule has 0 aliphatic carbocycles. The van der Waals surface area contributed by atoms with Gasteiger partial charge in [0.1, 0.15) is 5.16 Å². The lowest BCUT2D eigenvalue weighted by Crippen LogP contribution is -2.41. The zero-order chi connectivity index (χ0) is 20.1. The Morgan fingerprint density at radius 1 is 1.33 bits per heavy atom. The minimum Gasteiger partial charge on any atom is -0.388 e. The Morgan fingerprint density at radius 2 is 2.04 bits per heavy atom. The van der Waals surface area contributed by atoms with Crippen LogP contribution in [0.15, 0.2) is 34.8 Å². The van der Waals surface area contributed by atoms with Gasteiger partial charge in [0.15, 0.2) is 11.6 Å². The molecule has 0 spiro atoms. The molecule has 2 rings (SSSR count). The molecule has 6 nitrogen and oxygen atoms in total. The van der Waals surface area contributed by atoms with E-state index in [0.29, 0.717) is 21.7 Å². The monoisotopic (exact) mass is 415 g/mol. The molecule has 0 aliphatic heterocycles. The van der Waals surface area contributed by atoms with E-state index in [1.807, 2.05) is 0 Å². The number of nitrogens with two attached hydrogens (primary N) is 3. The highest BCUT2D eigenvalue weighted by atomic mass is 35.5. The van der Waals surface area contributed by atoms with Crippen LogP contribution in [-0.2, 0) is 6.42 Å². The summed E-state index contributed by atoms with van der Waals surface area (Å²) in [6, 6.07) is 4.75. The zero-order valence-electron chi connectivity index (χ0n) is 14.5. The molecule has 0 saturated carbocycles. The molecule has 7 N–H and O–H groups in total. The smallest absolute Gasteiger partial charge is 0.261 e. The summed E-state index contributed by atoms with van der Waals surface area (Å²) in [6.45, 7) is 0.133. The summed E-state index contributed by atoms with van der Waals surface area (Å²) in [7, 11) is 1.58. The number of nitrogens with one attached hydrogen (secondary N) is 1. The van der Waals surface area contributed by atoms with Gasteiger partial charge in [0.05, 0.1) is 10.6 Å². The van der Waals surface area contributed by atoms with Crippen molar-refractivity contribution in [2.45, 2.75) is 12.5 Å². The van der Waals surface area contributed by atoms with E-state index in [1.165, 1.54) is 22.4 Å². The highest BCUT2D eigenvalue weighted by Gasteiger charge is 2.18. The molecule has 10 heteroatoms. The van der Waals surface area contributed by atoms with Gasteiger partial charge in [0.25, 0.3) is 5.91 Å². The minimum absolute atomic E-state index is 0.00271. The van der Waals surface area contributed by atoms with Crippen LogP contribution in [0.5, 0.6) is 0 Å². The standard InChI is InChI=1S/C17H20ClF2N5OS/c1-25(23)15(16(18)22)10-6-14(27-8-10)17(26)24-11(7-21)4-9-2-3-12(19)13(20)5-9/h2-3,5-6,8,11H,4,7,21-23H2,1H3,(H,24,26)/b16-15-. The number of amides is 1. The van der Waals surface area contributed by atoms with Gasteiger partial charge in [0.2, 0.25) is 0 Å². The predicted molar refractivity (Wildman–Crippen MR) is 104 cm³/mol. The fourth-order valence-electron chi connectivity index (χ4n) is 2.49. The van der Waals surface area contributed by atoms with Gasteiger partial charge in [-0.2, -0.15) is 0 Å². The van der Waals surface area contributed by atoms with Gasteiger partial charge in [-0.05, 0) is 30.2 Å². The van der Waals surface area contributed by atoms with Gasteiger partial charge < -0.3 is 21.8 Å². The number of rotatable bonds is 7. The van der Waals surface area contributed by atoms with Gasteiger partial charge >= 0.3 is 0 Å². The van der Waals surface area contributed by atoms with Crippen LogP contribution in [0.25, 0.3) is 5.70 Å². The molecule has 1 atom stereocenters. The number of carbonyl (C=O) groups excluding carboxylic acids is 1. The summed E-state index contributed by atoms with van der Waals surface area (Å²) in [5.41, 5.74) is 12.8. The second-order valence-corrected chi connectivity index (χ2v) is 7.18. The van der Waals surface area contributed by atoms with E-state index in [0.717, 1.165) is 12.1 Å². The molecule has 0 bridgehead atoms. The fourth-order valence-corrected chi connectivity index (χ4v) is 3.53. The second-order valence-electron chi connectivity index (χ2n) is 5.87. The second kappa shape index (κ2) is 9.14. The Kier molecular flexibility index (Phi) is 7.14. The van der Waals surface area contributed by atoms with E-state index in [9.17, 15) is 13.6 Å². The van der Waals surface area contributed by atoms with Crippen LogP contribution in [0.2, 0.25) is 0 Å². The first-order valence-corrected chi connectivity index (χ1v) is 9.16. The summed E-state index contributed by atoms with van der Waals surface area (Å²) in [6.07, 6.45) is 0.267. The Hall–Kier alpha value is -2.20. The van der Waals surface area contributed by atoms with Crippen molar-refractivity contribution in [3.63, 3.8) is 0 Å². The first-order valence-electron chi connectivity index (χ1n) is 7.90. The van der Waals surface area contributed by atoms with Gasteiger partial charge in [0, 0.05) is 30.6 Å². The molecule has 1 aromatic heterocycles. The highest BCUT2D eigenvalue weighted by molar-refractivity contribution is 7.12. The van der Waals surface area contributed by atoms with Gasteiger partial charge in [-0.1, -0.05) is 17.7 Å². The Balaban J connectivity index is 2.11. The summed E-state index contributed by atoms with van der Waals surface area (Å²) in [5, 5.41) is 5.75. The number of hydrazine groups is 1. The van der Waals surface area contributed by atoms with Gasteiger partial charge in [-0.25, -0.2) is 14.6 Å². The number of carbonyl (C=O) groups is 1. The van der Waals surface area contributed by atoms with Crippen LogP contribution < -0.4 is 22.6 Å².